The minimum absolute atomic E-state index is 0.0182. The van der Waals surface area contributed by atoms with E-state index >= 15 is 0 Å². The Kier molecular flexibility index (Phi) is 5.83. The van der Waals surface area contributed by atoms with Gasteiger partial charge in [0.1, 0.15) is 17.1 Å². The summed E-state index contributed by atoms with van der Waals surface area (Å²) in [5.41, 5.74) is 5.50. The van der Waals surface area contributed by atoms with E-state index in [9.17, 15) is 18.4 Å². The van der Waals surface area contributed by atoms with Crippen LogP contribution in [0.25, 0.3) is 10.9 Å². The largest absolute Gasteiger partial charge is 0.573 e. The fourth-order valence-corrected chi connectivity index (χ4v) is 3.09. The van der Waals surface area contributed by atoms with E-state index in [0.717, 1.165) is 17.5 Å². The van der Waals surface area contributed by atoms with Crippen LogP contribution >= 0.6 is 23.2 Å². The number of nitrogens with zero attached hydrogens (tertiary/aromatic N) is 4. The van der Waals surface area contributed by atoms with Crippen molar-refractivity contribution < 1.29 is 17.9 Å². The van der Waals surface area contributed by atoms with Gasteiger partial charge in [0, 0.05) is 17.1 Å². The average Bonchev–Trinajstić information content (AvgIpc) is 3.07. The molecule has 3 aromatic rings. The summed E-state index contributed by atoms with van der Waals surface area (Å²) in [5.74, 6) is -0.406. The zero-order valence-corrected chi connectivity index (χ0v) is 16.9. The number of alkyl halides is 3. The molecule has 156 valence electrons. The van der Waals surface area contributed by atoms with E-state index < -0.39 is 11.9 Å². The number of nitriles is 1. The van der Waals surface area contributed by atoms with Gasteiger partial charge in [-0.15, -0.1) is 13.2 Å². The standard InChI is InChI=1S/C19H14Cl2F3N5O/c1-18(9-25,10-29-8-12-4-7-14(20)15(21)16(12)28-29)27-17(26)11-2-5-13(6-3-11)30-19(22,23)24/h2-8H,10H2,1H3,(H2,26,27). The van der Waals surface area contributed by atoms with Gasteiger partial charge in [-0.05, 0) is 43.3 Å². The lowest BCUT2D eigenvalue weighted by Gasteiger charge is -2.18. The number of hydrogen-bond donors (Lipinski definition) is 1. The van der Waals surface area contributed by atoms with Gasteiger partial charge in [-0.1, -0.05) is 23.2 Å². The molecule has 1 aromatic heterocycles. The Morgan fingerprint density at radius 2 is 1.90 bits per heavy atom. The lowest BCUT2D eigenvalue weighted by Crippen LogP contribution is -2.31. The first-order valence-corrected chi connectivity index (χ1v) is 9.19. The summed E-state index contributed by atoms with van der Waals surface area (Å²) in [6.07, 6.45) is -3.09. The Labute approximate surface area is 179 Å². The van der Waals surface area contributed by atoms with Gasteiger partial charge < -0.3 is 10.5 Å². The highest BCUT2D eigenvalue weighted by Crippen LogP contribution is 2.30. The van der Waals surface area contributed by atoms with Crippen molar-refractivity contribution in [1.29, 1.82) is 5.26 Å². The Morgan fingerprint density at radius 1 is 1.23 bits per heavy atom. The summed E-state index contributed by atoms with van der Waals surface area (Å²) in [6, 6.07) is 10.3. The zero-order valence-electron chi connectivity index (χ0n) is 15.4. The van der Waals surface area contributed by atoms with Crippen LogP contribution in [0.15, 0.2) is 47.6 Å². The maximum absolute atomic E-state index is 12.3. The van der Waals surface area contributed by atoms with E-state index in [4.69, 9.17) is 28.9 Å². The maximum Gasteiger partial charge on any atom is 0.573 e. The molecule has 0 spiro atoms. The Bertz CT molecular complexity index is 1150. The van der Waals surface area contributed by atoms with Crippen LogP contribution < -0.4 is 10.5 Å². The van der Waals surface area contributed by atoms with Crippen molar-refractivity contribution >= 4 is 39.9 Å². The van der Waals surface area contributed by atoms with Gasteiger partial charge in [0.15, 0.2) is 5.54 Å². The second kappa shape index (κ2) is 8.05. The Hall–Kier alpha value is -2.96. The quantitative estimate of drug-likeness (QED) is 0.436. The molecule has 3 rings (SSSR count). The maximum atomic E-state index is 12.3. The van der Waals surface area contributed by atoms with Crippen LogP contribution in [0.3, 0.4) is 0 Å². The van der Waals surface area contributed by atoms with Crippen molar-refractivity contribution in [3.8, 4) is 11.8 Å². The monoisotopic (exact) mass is 455 g/mol. The molecule has 0 aliphatic rings. The number of aromatic nitrogens is 2. The zero-order chi connectivity index (χ0) is 22.1. The topological polar surface area (TPSA) is 89.2 Å². The van der Waals surface area contributed by atoms with Gasteiger partial charge in [-0.25, -0.2) is 4.99 Å². The van der Waals surface area contributed by atoms with Gasteiger partial charge in [0.2, 0.25) is 0 Å². The van der Waals surface area contributed by atoms with E-state index in [0.29, 0.717) is 21.1 Å². The summed E-state index contributed by atoms with van der Waals surface area (Å²) < 4.78 is 42.1. The second-order valence-electron chi connectivity index (χ2n) is 6.58. The summed E-state index contributed by atoms with van der Waals surface area (Å²) in [5, 5.41) is 15.4. The van der Waals surface area contributed by atoms with Gasteiger partial charge in [-0.2, -0.15) is 10.4 Å². The molecule has 2 aromatic carbocycles. The average molecular weight is 456 g/mol. The van der Waals surface area contributed by atoms with Crippen LogP contribution in [-0.4, -0.2) is 27.5 Å². The molecule has 0 saturated carbocycles. The van der Waals surface area contributed by atoms with Crippen molar-refractivity contribution in [3.63, 3.8) is 0 Å². The van der Waals surface area contributed by atoms with Crippen LogP contribution in [0.5, 0.6) is 5.75 Å². The Morgan fingerprint density at radius 3 is 2.50 bits per heavy atom. The predicted octanol–water partition coefficient (Wildman–Crippen LogP) is 4.93. The molecular formula is C19H14Cl2F3N5O. The Balaban J connectivity index is 1.84. The molecule has 6 nitrogen and oxygen atoms in total. The third-order valence-corrected chi connectivity index (χ3v) is 4.87. The van der Waals surface area contributed by atoms with Crippen molar-refractivity contribution in [3.05, 3.63) is 58.2 Å². The summed E-state index contributed by atoms with van der Waals surface area (Å²) in [6.45, 7) is 1.62. The van der Waals surface area contributed by atoms with Gasteiger partial charge in [-0.3, -0.25) is 4.68 Å². The van der Waals surface area contributed by atoms with Crippen molar-refractivity contribution in [2.24, 2.45) is 10.7 Å². The first-order chi connectivity index (χ1) is 14.0. The van der Waals surface area contributed by atoms with Crippen molar-refractivity contribution in [1.82, 2.24) is 9.78 Å². The number of amidine groups is 1. The van der Waals surface area contributed by atoms with Crippen LogP contribution in [0, 0.1) is 11.3 Å². The molecule has 0 radical (unpaired) electrons. The lowest BCUT2D eigenvalue weighted by molar-refractivity contribution is -0.274. The number of nitrogens with two attached hydrogens (primary N) is 1. The van der Waals surface area contributed by atoms with Crippen LogP contribution in [0.1, 0.15) is 12.5 Å². The number of fused-ring (bicyclic) bond motifs is 1. The third-order valence-electron chi connectivity index (χ3n) is 4.08. The molecule has 0 aliphatic heterocycles. The number of aliphatic imine (C=N–C) groups is 1. The van der Waals surface area contributed by atoms with E-state index in [1.807, 2.05) is 0 Å². The highest BCUT2D eigenvalue weighted by atomic mass is 35.5. The molecule has 11 heteroatoms. The summed E-state index contributed by atoms with van der Waals surface area (Å²) >= 11 is 12.2. The SMILES string of the molecule is CC(C#N)(Cn1cc2ccc(Cl)c(Cl)c2n1)N=C(N)c1ccc(OC(F)(F)F)cc1. The molecule has 1 heterocycles. The number of ether oxygens (including phenoxy) is 1. The normalized spacial score (nSPS) is 14.4. The van der Waals surface area contributed by atoms with Crippen LogP contribution in [0.2, 0.25) is 10.0 Å². The van der Waals surface area contributed by atoms with Crippen molar-refractivity contribution in [2.45, 2.75) is 25.4 Å². The van der Waals surface area contributed by atoms with Gasteiger partial charge in [0.25, 0.3) is 0 Å². The van der Waals surface area contributed by atoms with E-state index in [1.165, 1.54) is 16.8 Å². The number of rotatable bonds is 5. The van der Waals surface area contributed by atoms with Gasteiger partial charge >= 0.3 is 6.36 Å². The molecule has 30 heavy (non-hydrogen) atoms. The first kappa shape index (κ1) is 21.7. The minimum atomic E-state index is -4.79. The molecule has 0 amide bonds. The van der Waals surface area contributed by atoms with Gasteiger partial charge in [0.05, 0.1) is 22.7 Å². The van der Waals surface area contributed by atoms with Crippen molar-refractivity contribution in [2.75, 3.05) is 0 Å². The summed E-state index contributed by atoms with van der Waals surface area (Å²) in [7, 11) is 0. The molecule has 1 unspecified atom stereocenters. The van der Waals surface area contributed by atoms with Crippen LogP contribution in [0.4, 0.5) is 13.2 Å². The lowest BCUT2D eigenvalue weighted by atomic mass is 10.1. The predicted molar refractivity (Wildman–Crippen MR) is 108 cm³/mol. The summed E-state index contributed by atoms with van der Waals surface area (Å²) in [4.78, 5) is 4.26. The highest BCUT2D eigenvalue weighted by molar-refractivity contribution is 6.44. The third kappa shape index (κ3) is 4.96. The first-order valence-electron chi connectivity index (χ1n) is 8.43. The smallest absolute Gasteiger partial charge is 0.406 e. The molecule has 0 aliphatic carbocycles. The second-order valence-corrected chi connectivity index (χ2v) is 7.37. The molecule has 0 saturated heterocycles. The molecule has 0 fully saturated rings. The number of halogens is 5. The van der Waals surface area contributed by atoms with E-state index in [2.05, 4.69) is 20.9 Å². The minimum Gasteiger partial charge on any atom is -0.406 e. The molecule has 2 N–H and O–H groups in total. The molecule has 1 atom stereocenters. The fraction of sp³-hybridized carbons (Fsp3) is 0.211. The molecular weight excluding hydrogens is 442 g/mol. The molecule has 0 bridgehead atoms. The van der Waals surface area contributed by atoms with E-state index in [1.54, 1.807) is 25.3 Å². The van der Waals surface area contributed by atoms with E-state index in [-0.39, 0.29) is 18.1 Å². The number of benzene rings is 2. The number of hydrogen-bond acceptors (Lipinski definition) is 4. The highest BCUT2D eigenvalue weighted by Gasteiger charge is 2.31. The fourth-order valence-electron chi connectivity index (χ4n) is 2.73. The van der Waals surface area contributed by atoms with Crippen LogP contribution in [-0.2, 0) is 6.54 Å².